The molecular weight excluding hydrogens is 210 g/mol. The van der Waals surface area contributed by atoms with Crippen LogP contribution in [-0.4, -0.2) is 12.7 Å². The molecule has 0 aliphatic carbocycles. The monoisotopic (exact) mass is 237 g/mol. The average Bonchev–Trinajstić information content (AvgIpc) is 2.27. The molecular formula is C15H27NO. The standard InChI is InChI=1S/C15H27NO/c1-12(2)5-6-15(7-9-16)8-10-17-14(11-15)13(3)4/h12-14H,5-8,10-11H2,1-4H3/t14-,15+/m1/s1. The van der Waals surface area contributed by atoms with Crippen LogP contribution in [0.4, 0.5) is 0 Å². The van der Waals surface area contributed by atoms with Crippen molar-refractivity contribution in [3.05, 3.63) is 0 Å². The van der Waals surface area contributed by atoms with Crippen LogP contribution in [0.1, 0.15) is 59.8 Å². The lowest BCUT2D eigenvalue weighted by molar-refractivity contribution is -0.0721. The van der Waals surface area contributed by atoms with Gasteiger partial charge < -0.3 is 4.74 Å². The van der Waals surface area contributed by atoms with Gasteiger partial charge >= 0.3 is 0 Å². The van der Waals surface area contributed by atoms with Gasteiger partial charge in [0, 0.05) is 13.0 Å². The molecule has 0 bridgehead atoms. The Bertz CT molecular complexity index is 267. The minimum Gasteiger partial charge on any atom is -0.378 e. The lowest BCUT2D eigenvalue weighted by Gasteiger charge is -2.41. The summed E-state index contributed by atoms with van der Waals surface area (Å²) in [6.07, 6.45) is 5.61. The molecule has 0 aromatic heterocycles. The van der Waals surface area contributed by atoms with E-state index in [4.69, 9.17) is 10.00 Å². The molecule has 98 valence electrons. The van der Waals surface area contributed by atoms with Gasteiger partial charge in [0.2, 0.25) is 0 Å². The fourth-order valence-corrected chi connectivity index (χ4v) is 2.68. The third-order valence-corrected chi connectivity index (χ3v) is 4.05. The molecule has 2 heteroatoms. The third-order valence-electron chi connectivity index (χ3n) is 4.05. The highest BCUT2D eigenvalue weighted by atomic mass is 16.5. The molecule has 1 fully saturated rings. The van der Waals surface area contributed by atoms with Crippen molar-refractivity contribution < 1.29 is 4.74 Å². The highest BCUT2D eigenvalue weighted by molar-refractivity contribution is 4.93. The van der Waals surface area contributed by atoms with E-state index >= 15 is 0 Å². The van der Waals surface area contributed by atoms with Gasteiger partial charge in [-0.15, -0.1) is 0 Å². The van der Waals surface area contributed by atoms with Gasteiger partial charge in [0.1, 0.15) is 0 Å². The Kier molecular flexibility index (Phi) is 5.46. The topological polar surface area (TPSA) is 33.0 Å². The third kappa shape index (κ3) is 4.32. The second-order valence-corrected chi connectivity index (χ2v) is 6.37. The van der Waals surface area contributed by atoms with Gasteiger partial charge in [0.05, 0.1) is 12.2 Å². The van der Waals surface area contributed by atoms with E-state index in [1.54, 1.807) is 0 Å². The van der Waals surface area contributed by atoms with E-state index in [1.807, 2.05) is 0 Å². The maximum absolute atomic E-state index is 9.08. The van der Waals surface area contributed by atoms with Gasteiger partial charge in [-0.1, -0.05) is 34.1 Å². The van der Waals surface area contributed by atoms with E-state index in [-0.39, 0.29) is 5.41 Å². The van der Waals surface area contributed by atoms with Crippen LogP contribution >= 0.6 is 0 Å². The summed E-state index contributed by atoms with van der Waals surface area (Å²) >= 11 is 0. The number of hydrogen-bond acceptors (Lipinski definition) is 2. The summed E-state index contributed by atoms with van der Waals surface area (Å²) in [6.45, 7) is 9.80. The van der Waals surface area contributed by atoms with Gasteiger partial charge in [0.25, 0.3) is 0 Å². The van der Waals surface area contributed by atoms with Crippen LogP contribution in [0, 0.1) is 28.6 Å². The van der Waals surface area contributed by atoms with Crippen molar-refractivity contribution in [3.63, 3.8) is 0 Å². The molecule has 0 amide bonds. The Balaban J connectivity index is 2.66. The minimum absolute atomic E-state index is 0.228. The first kappa shape index (κ1) is 14.5. The van der Waals surface area contributed by atoms with Gasteiger partial charge in [0.15, 0.2) is 0 Å². The Morgan fingerprint density at radius 3 is 2.59 bits per heavy atom. The van der Waals surface area contributed by atoms with Crippen molar-refractivity contribution >= 4 is 0 Å². The summed E-state index contributed by atoms with van der Waals surface area (Å²) in [4.78, 5) is 0. The molecule has 17 heavy (non-hydrogen) atoms. The number of hydrogen-bond donors (Lipinski definition) is 0. The Labute approximate surface area is 106 Å². The molecule has 1 saturated heterocycles. The van der Waals surface area contributed by atoms with E-state index in [1.165, 1.54) is 12.8 Å². The average molecular weight is 237 g/mol. The SMILES string of the molecule is CC(C)CC[C@]1(CC#N)CCO[C@@H](C(C)C)C1. The maximum atomic E-state index is 9.08. The number of nitriles is 1. The summed E-state index contributed by atoms with van der Waals surface area (Å²) in [5.74, 6) is 1.29. The predicted molar refractivity (Wildman–Crippen MR) is 70.5 cm³/mol. The zero-order valence-corrected chi connectivity index (χ0v) is 11.8. The van der Waals surface area contributed by atoms with Gasteiger partial charge in [-0.2, -0.15) is 5.26 Å². The Morgan fingerprint density at radius 1 is 1.35 bits per heavy atom. The Hall–Kier alpha value is -0.550. The van der Waals surface area contributed by atoms with Crippen molar-refractivity contribution in [1.29, 1.82) is 5.26 Å². The van der Waals surface area contributed by atoms with Crippen LogP contribution in [-0.2, 0) is 4.74 Å². The number of rotatable bonds is 5. The van der Waals surface area contributed by atoms with Crippen LogP contribution in [0.2, 0.25) is 0 Å². The predicted octanol–water partition coefficient (Wildman–Crippen LogP) is 4.16. The molecule has 2 atom stereocenters. The van der Waals surface area contributed by atoms with Crippen molar-refractivity contribution in [3.8, 4) is 6.07 Å². The summed E-state index contributed by atoms with van der Waals surface area (Å²) < 4.78 is 5.84. The summed E-state index contributed by atoms with van der Waals surface area (Å²) in [6, 6.07) is 2.41. The summed E-state index contributed by atoms with van der Waals surface area (Å²) in [7, 11) is 0. The normalized spacial score (nSPS) is 29.6. The van der Waals surface area contributed by atoms with Crippen molar-refractivity contribution in [2.45, 2.75) is 65.9 Å². The van der Waals surface area contributed by atoms with Crippen LogP contribution < -0.4 is 0 Å². The lowest BCUT2D eigenvalue weighted by Crippen LogP contribution is -2.38. The molecule has 0 N–H and O–H groups in total. The number of ether oxygens (including phenoxy) is 1. The van der Waals surface area contributed by atoms with E-state index in [9.17, 15) is 0 Å². The molecule has 0 radical (unpaired) electrons. The van der Waals surface area contributed by atoms with Crippen molar-refractivity contribution in [2.24, 2.45) is 17.3 Å². The van der Waals surface area contributed by atoms with Crippen LogP contribution in [0.5, 0.6) is 0 Å². The highest BCUT2D eigenvalue weighted by Crippen LogP contribution is 2.43. The highest BCUT2D eigenvalue weighted by Gasteiger charge is 2.37. The number of nitrogens with zero attached hydrogens (tertiary/aromatic N) is 1. The lowest BCUT2D eigenvalue weighted by atomic mass is 9.70. The Morgan fingerprint density at radius 2 is 2.06 bits per heavy atom. The zero-order valence-electron chi connectivity index (χ0n) is 11.8. The first-order valence-corrected chi connectivity index (χ1v) is 6.97. The second kappa shape index (κ2) is 6.40. The fraction of sp³-hybridized carbons (Fsp3) is 0.933. The molecule has 2 nitrogen and oxygen atoms in total. The van der Waals surface area contributed by atoms with Crippen LogP contribution in [0.15, 0.2) is 0 Å². The second-order valence-electron chi connectivity index (χ2n) is 6.37. The maximum Gasteiger partial charge on any atom is 0.0627 e. The van der Waals surface area contributed by atoms with Gasteiger partial charge in [-0.25, -0.2) is 0 Å². The molecule has 1 heterocycles. The van der Waals surface area contributed by atoms with Gasteiger partial charge in [-0.3, -0.25) is 0 Å². The molecule has 0 unspecified atom stereocenters. The fourth-order valence-electron chi connectivity index (χ4n) is 2.68. The van der Waals surface area contributed by atoms with Crippen LogP contribution in [0.3, 0.4) is 0 Å². The molecule has 0 aromatic rings. The first-order chi connectivity index (χ1) is 7.99. The van der Waals surface area contributed by atoms with Gasteiger partial charge in [-0.05, 0) is 36.5 Å². The van der Waals surface area contributed by atoms with E-state index in [0.29, 0.717) is 18.4 Å². The molecule has 1 aliphatic heterocycles. The first-order valence-electron chi connectivity index (χ1n) is 6.97. The zero-order chi connectivity index (χ0) is 12.9. The summed E-state index contributed by atoms with van der Waals surface area (Å²) in [5.41, 5.74) is 0.228. The van der Waals surface area contributed by atoms with Crippen molar-refractivity contribution in [1.82, 2.24) is 0 Å². The molecule has 1 rings (SSSR count). The molecule has 0 saturated carbocycles. The largest absolute Gasteiger partial charge is 0.378 e. The summed E-state index contributed by atoms with van der Waals surface area (Å²) in [5, 5.41) is 9.08. The van der Waals surface area contributed by atoms with Crippen molar-refractivity contribution in [2.75, 3.05) is 6.61 Å². The smallest absolute Gasteiger partial charge is 0.0627 e. The molecule has 1 aliphatic rings. The van der Waals surface area contributed by atoms with E-state index in [2.05, 4.69) is 33.8 Å². The minimum atomic E-state index is 0.228. The quantitative estimate of drug-likeness (QED) is 0.719. The van der Waals surface area contributed by atoms with E-state index in [0.717, 1.165) is 25.4 Å². The molecule has 0 aromatic carbocycles. The molecule has 0 spiro atoms. The van der Waals surface area contributed by atoms with E-state index < -0.39 is 0 Å². The van der Waals surface area contributed by atoms with Crippen LogP contribution in [0.25, 0.3) is 0 Å².